The minimum absolute atomic E-state index is 0.0638. The molecule has 2 unspecified atom stereocenters. The maximum absolute atomic E-state index is 12.8. The van der Waals surface area contributed by atoms with Crippen LogP contribution in [0.15, 0.2) is 102 Å². The highest BCUT2D eigenvalue weighted by atomic mass is 32.2. The number of esters is 1. The molecule has 0 aliphatic rings. The van der Waals surface area contributed by atoms with Crippen LogP contribution < -0.4 is 0 Å². The zero-order valence-corrected chi connectivity index (χ0v) is 21.4. The van der Waals surface area contributed by atoms with Crippen LogP contribution in [0.1, 0.15) is 54.6 Å². The monoisotopic (exact) mass is 490 g/mol. The lowest BCUT2D eigenvalue weighted by atomic mass is 9.91. The van der Waals surface area contributed by atoms with E-state index in [1.165, 1.54) is 5.56 Å². The molecule has 3 aromatic rings. The molecule has 4 nitrogen and oxygen atoms in total. The number of hydrogen-bond donors (Lipinski definition) is 0. The number of benzene rings is 3. The quantitative estimate of drug-likeness (QED) is 0.223. The average Bonchev–Trinajstić information content (AvgIpc) is 2.86. The first-order valence-electron chi connectivity index (χ1n) is 12.0. The fraction of sp³-hybridized carbons (Fsp3) is 0.300. The maximum atomic E-state index is 12.8. The molecule has 3 rings (SSSR count). The van der Waals surface area contributed by atoms with Crippen molar-refractivity contribution in [1.82, 2.24) is 0 Å². The number of hydrogen-bond acceptors (Lipinski definition) is 4. The molecule has 35 heavy (non-hydrogen) atoms. The Morgan fingerprint density at radius 1 is 0.829 bits per heavy atom. The largest absolute Gasteiger partial charge is 0.458 e. The van der Waals surface area contributed by atoms with E-state index in [4.69, 9.17) is 4.74 Å². The summed E-state index contributed by atoms with van der Waals surface area (Å²) < 4.78 is 31.1. The lowest BCUT2D eigenvalue weighted by molar-refractivity contribution is 0.0254. The van der Waals surface area contributed by atoms with Crippen LogP contribution in [-0.2, 0) is 21.0 Å². The number of sulfone groups is 1. The van der Waals surface area contributed by atoms with Gasteiger partial charge >= 0.3 is 5.97 Å². The molecule has 2 atom stereocenters. The Morgan fingerprint density at radius 3 is 2.03 bits per heavy atom. The molecule has 0 heterocycles. The Balaban J connectivity index is 1.74. The van der Waals surface area contributed by atoms with Crippen molar-refractivity contribution in [1.29, 1.82) is 0 Å². The second-order valence-electron chi connectivity index (χ2n) is 9.24. The van der Waals surface area contributed by atoms with Crippen molar-refractivity contribution in [3.8, 4) is 0 Å². The van der Waals surface area contributed by atoms with Gasteiger partial charge in [0.25, 0.3) is 0 Å². The van der Waals surface area contributed by atoms with Crippen molar-refractivity contribution >= 4 is 15.8 Å². The zero-order chi connectivity index (χ0) is 25.3. The summed E-state index contributed by atoms with van der Waals surface area (Å²) in [5.41, 5.74) is 2.85. The summed E-state index contributed by atoms with van der Waals surface area (Å²) in [6.07, 6.45) is 4.43. The lowest BCUT2D eigenvalue weighted by Gasteiger charge is -2.24. The molecule has 0 aliphatic heterocycles. The van der Waals surface area contributed by atoms with Crippen LogP contribution in [-0.4, -0.2) is 26.2 Å². The summed E-state index contributed by atoms with van der Waals surface area (Å²) >= 11 is 0. The predicted molar refractivity (Wildman–Crippen MR) is 141 cm³/mol. The molecule has 0 saturated carbocycles. The first-order valence-corrected chi connectivity index (χ1v) is 13.7. The molecule has 0 N–H and O–H groups in total. The number of carbonyl (C=O) groups is 1. The minimum atomic E-state index is -3.41. The molecule has 0 aliphatic carbocycles. The third-order valence-electron chi connectivity index (χ3n) is 5.93. The summed E-state index contributed by atoms with van der Waals surface area (Å²) in [6, 6.07) is 25.8. The van der Waals surface area contributed by atoms with E-state index < -0.39 is 15.9 Å². The van der Waals surface area contributed by atoms with Gasteiger partial charge < -0.3 is 4.74 Å². The molecule has 0 fully saturated rings. The first kappa shape index (κ1) is 26.4. The van der Waals surface area contributed by atoms with Crippen LogP contribution in [0.2, 0.25) is 0 Å². The van der Waals surface area contributed by atoms with Gasteiger partial charge in [0.1, 0.15) is 6.10 Å². The molecule has 0 radical (unpaired) electrons. The van der Waals surface area contributed by atoms with Gasteiger partial charge in [-0.15, -0.1) is 0 Å². The van der Waals surface area contributed by atoms with E-state index in [1.807, 2.05) is 13.0 Å². The van der Waals surface area contributed by atoms with Crippen molar-refractivity contribution in [3.05, 3.63) is 114 Å². The molecular formula is C30H34O4S. The maximum Gasteiger partial charge on any atom is 0.338 e. The normalized spacial score (nSPS) is 13.6. The molecule has 184 valence electrons. The first-order chi connectivity index (χ1) is 16.8. The van der Waals surface area contributed by atoms with Gasteiger partial charge in [-0.3, -0.25) is 0 Å². The predicted octanol–water partition coefficient (Wildman–Crippen LogP) is 6.63. The summed E-state index contributed by atoms with van der Waals surface area (Å²) in [4.78, 5) is 13.1. The van der Waals surface area contributed by atoms with Crippen molar-refractivity contribution in [2.24, 2.45) is 5.92 Å². The molecule has 0 spiro atoms. The molecule has 0 aromatic heterocycles. The van der Waals surface area contributed by atoms with Gasteiger partial charge in [-0.2, -0.15) is 0 Å². The molecule has 0 saturated heterocycles. The standard InChI is InChI=1S/C30H34O4S/c1-23(2)22-25-17-19-26(20-18-25)24(3)29(34-30(31)27-12-6-4-7-13-27)16-10-11-21-35(32,33)28-14-8-5-9-15-28/h4-15,17-20,23-24,29H,16,21-22H2,1-3H3/b11-10+. The van der Waals surface area contributed by atoms with Gasteiger partial charge in [-0.05, 0) is 47.7 Å². The second-order valence-corrected chi connectivity index (χ2v) is 11.3. The van der Waals surface area contributed by atoms with E-state index in [9.17, 15) is 13.2 Å². The van der Waals surface area contributed by atoms with Gasteiger partial charge in [-0.1, -0.05) is 93.6 Å². The Morgan fingerprint density at radius 2 is 1.43 bits per heavy atom. The van der Waals surface area contributed by atoms with Crippen LogP contribution in [0.25, 0.3) is 0 Å². The topological polar surface area (TPSA) is 60.4 Å². The van der Waals surface area contributed by atoms with Crippen molar-refractivity contribution < 1.29 is 17.9 Å². The number of carbonyl (C=O) groups excluding carboxylic acids is 1. The number of rotatable bonds is 11. The average molecular weight is 491 g/mol. The van der Waals surface area contributed by atoms with Gasteiger partial charge in [0.05, 0.1) is 16.2 Å². The Kier molecular flexibility index (Phi) is 9.44. The Hall–Kier alpha value is -3.18. The van der Waals surface area contributed by atoms with E-state index in [2.05, 4.69) is 38.1 Å². The van der Waals surface area contributed by atoms with Gasteiger partial charge in [0.2, 0.25) is 0 Å². The summed E-state index contributed by atoms with van der Waals surface area (Å²) in [6.45, 7) is 6.43. The molecule has 3 aromatic carbocycles. The highest BCUT2D eigenvalue weighted by molar-refractivity contribution is 7.91. The van der Waals surface area contributed by atoms with E-state index in [0.717, 1.165) is 12.0 Å². The lowest BCUT2D eigenvalue weighted by Crippen LogP contribution is -2.24. The van der Waals surface area contributed by atoms with Crippen LogP contribution in [0.3, 0.4) is 0 Å². The van der Waals surface area contributed by atoms with Gasteiger partial charge in [0, 0.05) is 12.3 Å². The highest BCUT2D eigenvalue weighted by Gasteiger charge is 2.23. The van der Waals surface area contributed by atoms with Crippen LogP contribution in [0.5, 0.6) is 0 Å². The van der Waals surface area contributed by atoms with Crippen LogP contribution in [0.4, 0.5) is 0 Å². The van der Waals surface area contributed by atoms with Crippen molar-refractivity contribution in [3.63, 3.8) is 0 Å². The second kappa shape index (κ2) is 12.5. The molecule has 5 heteroatoms. The summed E-state index contributed by atoms with van der Waals surface area (Å²) in [5, 5.41) is 0. The van der Waals surface area contributed by atoms with Crippen LogP contribution >= 0.6 is 0 Å². The minimum Gasteiger partial charge on any atom is -0.458 e. The summed E-state index contributed by atoms with van der Waals surface area (Å²) in [7, 11) is -3.41. The molecule has 0 bridgehead atoms. The van der Waals surface area contributed by atoms with Crippen LogP contribution in [0, 0.1) is 5.92 Å². The van der Waals surface area contributed by atoms with Crippen molar-refractivity contribution in [2.45, 2.75) is 50.5 Å². The van der Waals surface area contributed by atoms with E-state index in [1.54, 1.807) is 66.7 Å². The smallest absolute Gasteiger partial charge is 0.338 e. The van der Waals surface area contributed by atoms with Gasteiger partial charge in [-0.25, -0.2) is 13.2 Å². The molecular weight excluding hydrogens is 456 g/mol. The highest BCUT2D eigenvalue weighted by Crippen LogP contribution is 2.26. The van der Waals surface area contributed by atoms with Crippen molar-refractivity contribution in [2.75, 3.05) is 5.75 Å². The Labute approximate surface area is 209 Å². The fourth-order valence-electron chi connectivity index (χ4n) is 3.93. The van der Waals surface area contributed by atoms with Gasteiger partial charge in [0.15, 0.2) is 9.84 Å². The Bertz CT molecular complexity index is 1200. The molecule has 0 amide bonds. The van der Waals surface area contributed by atoms with E-state index in [0.29, 0.717) is 22.8 Å². The third-order valence-corrected chi connectivity index (χ3v) is 7.55. The summed E-state index contributed by atoms with van der Waals surface area (Å²) in [5.74, 6) is 0.0275. The zero-order valence-electron chi connectivity index (χ0n) is 20.6. The van der Waals surface area contributed by atoms with E-state index >= 15 is 0 Å². The van der Waals surface area contributed by atoms with E-state index in [-0.39, 0.29) is 17.6 Å². The SMILES string of the molecule is CC(C)Cc1ccc(C(C)C(C/C=C/CS(=O)(=O)c2ccccc2)OC(=O)c2ccccc2)cc1. The fourth-order valence-corrected chi connectivity index (χ4v) is 5.08. The third kappa shape index (κ3) is 7.93. The number of ether oxygens (including phenoxy) is 1.